The van der Waals surface area contributed by atoms with Gasteiger partial charge in [-0.15, -0.1) is 0 Å². The zero-order valence-corrected chi connectivity index (χ0v) is 13.6. The van der Waals surface area contributed by atoms with Crippen LogP contribution >= 0.6 is 0 Å². The van der Waals surface area contributed by atoms with Gasteiger partial charge in [-0.2, -0.15) is 0 Å². The van der Waals surface area contributed by atoms with Gasteiger partial charge in [0.1, 0.15) is 0 Å². The Bertz CT molecular complexity index is 393. The van der Waals surface area contributed by atoms with Crippen molar-refractivity contribution in [2.24, 2.45) is 17.8 Å². The average molecular weight is 296 g/mol. The molecule has 2 unspecified atom stereocenters. The minimum absolute atomic E-state index is 0.0942. The predicted molar refractivity (Wildman–Crippen MR) is 81.4 cm³/mol. The van der Waals surface area contributed by atoms with Crippen LogP contribution in [0, 0.1) is 17.8 Å². The molecule has 0 saturated carbocycles. The molecule has 1 saturated heterocycles. The van der Waals surface area contributed by atoms with Gasteiger partial charge in [-0.3, -0.25) is 19.3 Å². The Morgan fingerprint density at radius 3 is 2.57 bits per heavy atom. The highest BCUT2D eigenvalue weighted by Gasteiger charge is 2.40. The molecule has 120 valence electrons. The predicted octanol–water partition coefficient (Wildman–Crippen LogP) is 1.96. The maximum atomic E-state index is 12.2. The number of nitrogens with one attached hydrogen (secondary N) is 1. The van der Waals surface area contributed by atoms with Crippen LogP contribution in [-0.4, -0.2) is 35.7 Å². The lowest BCUT2D eigenvalue weighted by Gasteiger charge is -2.17. The highest BCUT2D eigenvalue weighted by atomic mass is 16.2. The van der Waals surface area contributed by atoms with Gasteiger partial charge < -0.3 is 5.32 Å². The highest BCUT2D eigenvalue weighted by molar-refractivity contribution is 6.03. The molecule has 1 rings (SSSR count). The zero-order valence-electron chi connectivity index (χ0n) is 13.6. The van der Waals surface area contributed by atoms with Crippen molar-refractivity contribution in [1.82, 2.24) is 10.2 Å². The topological polar surface area (TPSA) is 66.5 Å². The normalized spacial score (nSPS) is 20.2. The molecular formula is C16H28N2O3. The van der Waals surface area contributed by atoms with E-state index < -0.39 is 0 Å². The molecule has 0 spiro atoms. The van der Waals surface area contributed by atoms with Crippen molar-refractivity contribution >= 4 is 17.7 Å². The van der Waals surface area contributed by atoms with Gasteiger partial charge in [0.15, 0.2) is 0 Å². The van der Waals surface area contributed by atoms with E-state index in [1.54, 1.807) is 0 Å². The molecule has 21 heavy (non-hydrogen) atoms. The quantitative estimate of drug-likeness (QED) is 0.696. The molecular weight excluding hydrogens is 268 g/mol. The first kappa shape index (κ1) is 17.7. The standard InChI is InChI=1S/C16H28N2O3/c1-5-12(4)13-10-15(20)18(16(13)21)9-7-14(19)17-8-6-11(2)3/h11-13H,5-10H2,1-4H3,(H,17,19). The van der Waals surface area contributed by atoms with Crippen molar-refractivity contribution < 1.29 is 14.4 Å². The Hall–Kier alpha value is -1.39. The smallest absolute Gasteiger partial charge is 0.233 e. The number of carbonyl (C=O) groups is 3. The van der Waals surface area contributed by atoms with Crippen LogP contribution in [0.4, 0.5) is 0 Å². The first-order valence-corrected chi connectivity index (χ1v) is 7.97. The fourth-order valence-electron chi connectivity index (χ4n) is 2.47. The molecule has 3 amide bonds. The van der Waals surface area contributed by atoms with Gasteiger partial charge >= 0.3 is 0 Å². The van der Waals surface area contributed by atoms with Crippen LogP contribution in [0.5, 0.6) is 0 Å². The zero-order chi connectivity index (χ0) is 16.0. The number of hydrogen-bond acceptors (Lipinski definition) is 3. The van der Waals surface area contributed by atoms with Gasteiger partial charge in [-0.1, -0.05) is 34.1 Å². The minimum Gasteiger partial charge on any atom is -0.356 e. The van der Waals surface area contributed by atoms with Crippen molar-refractivity contribution in [3.8, 4) is 0 Å². The lowest BCUT2D eigenvalue weighted by Crippen LogP contribution is -2.36. The molecule has 1 heterocycles. The Morgan fingerprint density at radius 1 is 1.33 bits per heavy atom. The molecule has 1 aliphatic rings. The van der Waals surface area contributed by atoms with Crippen molar-refractivity contribution in [3.63, 3.8) is 0 Å². The molecule has 1 N–H and O–H groups in total. The molecule has 0 aliphatic carbocycles. The van der Waals surface area contributed by atoms with Crippen molar-refractivity contribution in [2.45, 2.75) is 53.4 Å². The summed E-state index contributed by atoms with van der Waals surface area (Å²) in [5.74, 6) is 0.217. The lowest BCUT2D eigenvalue weighted by molar-refractivity contribution is -0.140. The van der Waals surface area contributed by atoms with Gasteiger partial charge in [-0.05, 0) is 18.3 Å². The molecule has 0 bridgehead atoms. The van der Waals surface area contributed by atoms with Gasteiger partial charge in [0, 0.05) is 31.8 Å². The maximum absolute atomic E-state index is 12.2. The lowest BCUT2D eigenvalue weighted by atomic mass is 9.90. The number of amides is 3. The van der Waals surface area contributed by atoms with E-state index in [9.17, 15) is 14.4 Å². The fourth-order valence-corrected chi connectivity index (χ4v) is 2.47. The second kappa shape index (κ2) is 8.15. The SMILES string of the molecule is CCC(C)C1CC(=O)N(CCC(=O)NCCC(C)C)C1=O. The van der Waals surface area contributed by atoms with Gasteiger partial charge in [0.2, 0.25) is 17.7 Å². The highest BCUT2D eigenvalue weighted by Crippen LogP contribution is 2.28. The molecule has 0 radical (unpaired) electrons. The first-order valence-electron chi connectivity index (χ1n) is 7.97. The summed E-state index contributed by atoms with van der Waals surface area (Å²) in [5, 5.41) is 2.82. The van der Waals surface area contributed by atoms with Gasteiger partial charge in [0.05, 0.1) is 0 Å². The van der Waals surface area contributed by atoms with E-state index in [4.69, 9.17) is 0 Å². The third kappa shape index (κ3) is 5.14. The average Bonchev–Trinajstić information content (AvgIpc) is 2.70. The van der Waals surface area contributed by atoms with Crippen molar-refractivity contribution in [2.75, 3.05) is 13.1 Å². The molecule has 5 nitrogen and oxygen atoms in total. The van der Waals surface area contributed by atoms with Crippen LogP contribution in [0.3, 0.4) is 0 Å². The van der Waals surface area contributed by atoms with E-state index >= 15 is 0 Å². The molecule has 2 atom stereocenters. The third-order valence-electron chi connectivity index (χ3n) is 4.22. The third-order valence-corrected chi connectivity index (χ3v) is 4.22. The van der Waals surface area contributed by atoms with Crippen LogP contribution < -0.4 is 5.32 Å². The first-order chi connectivity index (χ1) is 9.86. The summed E-state index contributed by atoms with van der Waals surface area (Å²) in [6.45, 7) is 9.07. The summed E-state index contributed by atoms with van der Waals surface area (Å²) >= 11 is 0. The minimum atomic E-state index is -0.202. The monoisotopic (exact) mass is 296 g/mol. The summed E-state index contributed by atoms with van der Waals surface area (Å²) in [6.07, 6.45) is 2.31. The number of nitrogens with zero attached hydrogens (tertiary/aromatic N) is 1. The van der Waals surface area contributed by atoms with E-state index in [0.717, 1.165) is 12.8 Å². The summed E-state index contributed by atoms with van der Waals surface area (Å²) < 4.78 is 0. The van der Waals surface area contributed by atoms with Crippen LogP contribution in [0.1, 0.15) is 53.4 Å². The van der Waals surface area contributed by atoms with E-state index in [-0.39, 0.29) is 42.5 Å². The van der Waals surface area contributed by atoms with Crippen LogP contribution in [0.15, 0.2) is 0 Å². The van der Waals surface area contributed by atoms with E-state index in [0.29, 0.717) is 18.9 Å². The number of rotatable bonds is 8. The summed E-state index contributed by atoms with van der Waals surface area (Å²) in [6, 6.07) is 0. The second-order valence-corrected chi connectivity index (χ2v) is 6.36. The Kier molecular flexibility index (Phi) is 6.85. The largest absolute Gasteiger partial charge is 0.356 e. The Balaban J connectivity index is 2.39. The maximum Gasteiger partial charge on any atom is 0.233 e. The molecule has 5 heteroatoms. The van der Waals surface area contributed by atoms with Crippen molar-refractivity contribution in [3.05, 3.63) is 0 Å². The van der Waals surface area contributed by atoms with E-state index in [2.05, 4.69) is 19.2 Å². The summed E-state index contributed by atoms with van der Waals surface area (Å²) in [7, 11) is 0. The molecule has 1 fully saturated rings. The molecule has 0 aromatic carbocycles. The fraction of sp³-hybridized carbons (Fsp3) is 0.812. The van der Waals surface area contributed by atoms with Crippen molar-refractivity contribution in [1.29, 1.82) is 0 Å². The van der Waals surface area contributed by atoms with E-state index in [1.807, 2.05) is 13.8 Å². The summed E-state index contributed by atoms with van der Waals surface area (Å²) in [5.41, 5.74) is 0. The second-order valence-electron chi connectivity index (χ2n) is 6.36. The Labute approximate surface area is 127 Å². The van der Waals surface area contributed by atoms with E-state index in [1.165, 1.54) is 4.90 Å². The summed E-state index contributed by atoms with van der Waals surface area (Å²) in [4.78, 5) is 37.1. The van der Waals surface area contributed by atoms with Gasteiger partial charge in [-0.25, -0.2) is 0 Å². The molecule has 1 aliphatic heterocycles. The van der Waals surface area contributed by atoms with Crippen LogP contribution in [-0.2, 0) is 14.4 Å². The van der Waals surface area contributed by atoms with Crippen LogP contribution in [0.2, 0.25) is 0 Å². The number of likely N-dealkylation sites (tertiary alicyclic amines) is 1. The molecule has 0 aromatic rings. The number of imide groups is 1. The number of hydrogen-bond donors (Lipinski definition) is 1. The molecule has 0 aromatic heterocycles. The van der Waals surface area contributed by atoms with Gasteiger partial charge in [0.25, 0.3) is 0 Å². The Morgan fingerprint density at radius 2 is 2.00 bits per heavy atom. The van der Waals surface area contributed by atoms with Crippen LogP contribution in [0.25, 0.3) is 0 Å². The number of carbonyl (C=O) groups excluding carboxylic acids is 3.